The number of nitrogens with two attached hydrogens (primary N) is 1. The molecule has 0 aromatic carbocycles. The van der Waals surface area contributed by atoms with Gasteiger partial charge < -0.3 is 10.5 Å². The van der Waals surface area contributed by atoms with E-state index in [0.29, 0.717) is 6.10 Å². The fraction of sp³-hybridized carbons (Fsp3) is 0.700. The molecule has 1 aromatic heterocycles. The zero-order valence-electron chi connectivity index (χ0n) is 8.57. The van der Waals surface area contributed by atoms with Crippen molar-refractivity contribution in [3.63, 3.8) is 0 Å². The van der Waals surface area contributed by atoms with Crippen LogP contribution in [0.1, 0.15) is 25.0 Å². The summed E-state index contributed by atoms with van der Waals surface area (Å²) in [7, 11) is 0. The molecule has 4 heteroatoms. The lowest BCUT2D eigenvalue weighted by Gasteiger charge is -2.09. The number of ether oxygens (including phenoxy) is 1. The van der Waals surface area contributed by atoms with Gasteiger partial charge in [-0.1, -0.05) is 0 Å². The van der Waals surface area contributed by atoms with Crippen molar-refractivity contribution in [1.29, 1.82) is 0 Å². The Labute approximate surface area is 84.0 Å². The standard InChI is InChI=1S/C10H17N3O/c1-8-10(11)7-12-13(8)5-4-9-3-2-6-14-9/h7,9H,2-6,11H2,1H3. The molecule has 2 heterocycles. The third kappa shape index (κ3) is 1.90. The lowest BCUT2D eigenvalue weighted by Crippen LogP contribution is -2.11. The van der Waals surface area contributed by atoms with E-state index in [4.69, 9.17) is 10.5 Å². The van der Waals surface area contributed by atoms with Gasteiger partial charge in [-0.25, -0.2) is 0 Å². The normalized spacial score (nSPS) is 21.6. The van der Waals surface area contributed by atoms with Gasteiger partial charge in [0, 0.05) is 13.2 Å². The Kier molecular flexibility index (Phi) is 2.72. The second kappa shape index (κ2) is 4.00. The van der Waals surface area contributed by atoms with Gasteiger partial charge >= 0.3 is 0 Å². The molecule has 14 heavy (non-hydrogen) atoms. The zero-order valence-corrected chi connectivity index (χ0v) is 8.57. The molecule has 2 rings (SSSR count). The maximum Gasteiger partial charge on any atom is 0.0730 e. The second-order valence-corrected chi connectivity index (χ2v) is 3.83. The lowest BCUT2D eigenvalue weighted by atomic mass is 10.2. The molecule has 4 nitrogen and oxygen atoms in total. The first-order valence-electron chi connectivity index (χ1n) is 5.17. The van der Waals surface area contributed by atoms with Gasteiger partial charge in [-0.15, -0.1) is 0 Å². The maximum atomic E-state index is 5.71. The molecule has 1 aromatic rings. The summed E-state index contributed by atoms with van der Waals surface area (Å²) < 4.78 is 7.50. The summed E-state index contributed by atoms with van der Waals surface area (Å²) in [5, 5.41) is 4.21. The van der Waals surface area contributed by atoms with Crippen LogP contribution in [0.15, 0.2) is 6.20 Å². The van der Waals surface area contributed by atoms with Crippen LogP contribution in [0.4, 0.5) is 5.69 Å². The summed E-state index contributed by atoms with van der Waals surface area (Å²) in [6.45, 7) is 3.83. The molecule has 1 fully saturated rings. The Hall–Kier alpha value is -1.03. The topological polar surface area (TPSA) is 53.1 Å². The van der Waals surface area contributed by atoms with E-state index < -0.39 is 0 Å². The van der Waals surface area contributed by atoms with E-state index in [2.05, 4.69) is 5.10 Å². The smallest absolute Gasteiger partial charge is 0.0730 e. The molecule has 1 atom stereocenters. The van der Waals surface area contributed by atoms with E-state index in [1.165, 1.54) is 12.8 Å². The molecular formula is C10H17N3O. The van der Waals surface area contributed by atoms with Crippen LogP contribution in [0.3, 0.4) is 0 Å². The van der Waals surface area contributed by atoms with Gasteiger partial charge in [-0.3, -0.25) is 4.68 Å². The molecule has 1 aliphatic rings. The largest absolute Gasteiger partial charge is 0.396 e. The molecule has 1 aliphatic heterocycles. The number of anilines is 1. The molecule has 1 saturated heterocycles. The number of nitrogen functional groups attached to an aromatic ring is 1. The summed E-state index contributed by atoms with van der Waals surface area (Å²) in [4.78, 5) is 0. The first-order chi connectivity index (χ1) is 6.77. The highest BCUT2D eigenvalue weighted by Gasteiger charge is 2.15. The van der Waals surface area contributed by atoms with E-state index in [1.54, 1.807) is 6.20 Å². The Balaban J connectivity index is 1.88. The lowest BCUT2D eigenvalue weighted by molar-refractivity contribution is 0.0993. The van der Waals surface area contributed by atoms with Gasteiger partial charge in [0.15, 0.2) is 0 Å². The van der Waals surface area contributed by atoms with E-state index >= 15 is 0 Å². The molecular weight excluding hydrogens is 178 g/mol. The number of hydrogen-bond donors (Lipinski definition) is 1. The fourth-order valence-corrected chi connectivity index (χ4v) is 1.82. The molecule has 0 saturated carbocycles. The summed E-state index contributed by atoms with van der Waals surface area (Å²) in [6, 6.07) is 0. The van der Waals surface area contributed by atoms with E-state index in [9.17, 15) is 0 Å². The number of aryl methyl sites for hydroxylation is 1. The average molecular weight is 195 g/mol. The van der Waals surface area contributed by atoms with Crippen molar-refractivity contribution >= 4 is 5.69 Å². The van der Waals surface area contributed by atoms with Gasteiger partial charge in [-0.05, 0) is 26.2 Å². The molecule has 2 N–H and O–H groups in total. The SMILES string of the molecule is Cc1c(N)cnn1CCC1CCCO1. The maximum absolute atomic E-state index is 5.71. The third-order valence-electron chi connectivity index (χ3n) is 2.83. The molecule has 0 amide bonds. The highest BCUT2D eigenvalue weighted by Crippen LogP contribution is 2.17. The first-order valence-corrected chi connectivity index (χ1v) is 5.17. The monoisotopic (exact) mass is 195 g/mol. The fourth-order valence-electron chi connectivity index (χ4n) is 1.82. The Bertz CT molecular complexity index is 302. The number of rotatable bonds is 3. The zero-order chi connectivity index (χ0) is 9.97. The number of nitrogens with zero attached hydrogens (tertiary/aromatic N) is 2. The quantitative estimate of drug-likeness (QED) is 0.792. The van der Waals surface area contributed by atoms with Crippen LogP contribution < -0.4 is 5.73 Å². The first kappa shape index (κ1) is 9.52. The van der Waals surface area contributed by atoms with Crippen LogP contribution >= 0.6 is 0 Å². The molecule has 1 unspecified atom stereocenters. The molecule has 0 aliphatic carbocycles. The van der Waals surface area contributed by atoms with E-state index in [-0.39, 0.29) is 0 Å². The predicted octanol–water partition coefficient (Wildman–Crippen LogP) is 1.34. The van der Waals surface area contributed by atoms with Crippen molar-refractivity contribution in [3.8, 4) is 0 Å². The highest BCUT2D eigenvalue weighted by molar-refractivity contribution is 5.39. The van der Waals surface area contributed by atoms with E-state index in [1.807, 2.05) is 11.6 Å². The van der Waals surface area contributed by atoms with Crippen molar-refractivity contribution < 1.29 is 4.74 Å². The minimum Gasteiger partial charge on any atom is -0.396 e. The van der Waals surface area contributed by atoms with Crippen molar-refractivity contribution in [2.75, 3.05) is 12.3 Å². The highest BCUT2D eigenvalue weighted by atomic mass is 16.5. The number of aromatic nitrogens is 2. The van der Waals surface area contributed by atoms with Crippen LogP contribution in [0, 0.1) is 6.92 Å². The molecule has 78 valence electrons. The van der Waals surface area contributed by atoms with Gasteiger partial charge in [-0.2, -0.15) is 5.10 Å². The van der Waals surface area contributed by atoms with Crippen molar-refractivity contribution in [3.05, 3.63) is 11.9 Å². The molecule has 0 bridgehead atoms. The van der Waals surface area contributed by atoms with E-state index in [0.717, 1.165) is 31.0 Å². The van der Waals surface area contributed by atoms with Crippen LogP contribution in [-0.4, -0.2) is 22.5 Å². The summed E-state index contributed by atoms with van der Waals surface area (Å²) in [6.07, 6.45) is 5.58. The second-order valence-electron chi connectivity index (χ2n) is 3.83. The van der Waals surface area contributed by atoms with Crippen molar-refractivity contribution in [1.82, 2.24) is 9.78 Å². The summed E-state index contributed by atoms with van der Waals surface area (Å²) >= 11 is 0. The van der Waals surface area contributed by atoms with Crippen LogP contribution in [0.2, 0.25) is 0 Å². The Morgan fingerprint density at radius 2 is 2.57 bits per heavy atom. The molecule has 0 radical (unpaired) electrons. The van der Waals surface area contributed by atoms with Crippen LogP contribution in [0.5, 0.6) is 0 Å². The minimum absolute atomic E-state index is 0.430. The van der Waals surface area contributed by atoms with Gasteiger partial charge in [0.25, 0.3) is 0 Å². The number of hydrogen-bond acceptors (Lipinski definition) is 3. The Morgan fingerprint density at radius 1 is 1.71 bits per heavy atom. The third-order valence-corrected chi connectivity index (χ3v) is 2.83. The summed E-state index contributed by atoms with van der Waals surface area (Å²) in [5.41, 5.74) is 7.54. The van der Waals surface area contributed by atoms with Crippen molar-refractivity contribution in [2.45, 2.75) is 38.8 Å². The van der Waals surface area contributed by atoms with Crippen LogP contribution in [-0.2, 0) is 11.3 Å². The Morgan fingerprint density at radius 3 is 3.14 bits per heavy atom. The predicted molar refractivity (Wildman–Crippen MR) is 55.0 cm³/mol. The van der Waals surface area contributed by atoms with Crippen LogP contribution in [0.25, 0.3) is 0 Å². The van der Waals surface area contributed by atoms with Crippen molar-refractivity contribution in [2.24, 2.45) is 0 Å². The van der Waals surface area contributed by atoms with Gasteiger partial charge in [0.2, 0.25) is 0 Å². The molecule has 0 spiro atoms. The summed E-state index contributed by atoms with van der Waals surface area (Å²) in [5.74, 6) is 0. The van der Waals surface area contributed by atoms with Gasteiger partial charge in [0.1, 0.15) is 0 Å². The van der Waals surface area contributed by atoms with Gasteiger partial charge in [0.05, 0.1) is 23.7 Å². The average Bonchev–Trinajstić information content (AvgIpc) is 2.77. The minimum atomic E-state index is 0.430.